The molecule has 0 aliphatic carbocycles. The smallest absolute Gasteiger partial charge is 0.00645 e. The van der Waals surface area contributed by atoms with E-state index in [9.17, 15) is 0 Å². The lowest BCUT2D eigenvalue weighted by Gasteiger charge is -2.12. The van der Waals surface area contributed by atoms with Gasteiger partial charge in [-0.2, -0.15) is 0 Å². The van der Waals surface area contributed by atoms with E-state index in [2.05, 4.69) is 94.9 Å². The number of aryl methyl sites for hydroxylation is 1. The predicted molar refractivity (Wildman–Crippen MR) is 117 cm³/mol. The Hall–Kier alpha value is -2.60. The average Bonchev–Trinajstić information content (AvgIpc) is 2.66. The van der Waals surface area contributed by atoms with Crippen LogP contribution < -0.4 is 0 Å². The highest BCUT2D eigenvalue weighted by molar-refractivity contribution is 5.89. The zero-order chi connectivity index (χ0) is 18.7. The summed E-state index contributed by atoms with van der Waals surface area (Å²) in [6.07, 6.45) is 4.41. The van der Waals surface area contributed by atoms with Crippen molar-refractivity contribution in [3.63, 3.8) is 0 Å². The van der Waals surface area contributed by atoms with Crippen molar-refractivity contribution in [3.05, 3.63) is 89.5 Å². The molecule has 0 heteroatoms. The molecule has 0 N–H and O–H groups in total. The van der Waals surface area contributed by atoms with Crippen molar-refractivity contribution in [1.82, 2.24) is 0 Å². The Morgan fingerprint density at radius 3 is 2.27 bits per heavy atom. The predicted octanol–water partition coefficient (Wildman–Crippen LogP) is 7.75. The molecule has 0 amide bonds. The van der Waals surface area contributed by atoms with Crippen LogP contribution >= 0.6 is 0 Å². The van der Waals surface area contributed by atoms with Gasteiger partial charge in [0, 0.05) is 0 Å². The van der Waals surface area contributed by atoms with Gasteiger partial charge in [-0.25, -0.2) is 0 Å². The fourth-order valence-corrected chi connectivity index (χ4v) is 3.41. The topological polar surface area (TPSA) is 0 Å². The molecule has 0 heterocycles. The molecule has 26 heavy (non-hydrogen) atoms. The maximum absolute atomic E-state index is 4.05. The highest BCUT2D eigenvalue weighted by atomic mass is 14.1. The molecule has 0 aliphatic rings. The van der Waals surface area contributed by atoms with E-state index in [0.29, 0.717) is 0 Å². The summed E-state index contributed by atoms with van der Waals surface area (Å²) in [5.41, 5.74) is 9.18. The molecule has 0 radical (unpaired) electrons. The second kappa shape index (κ2) is 7.74. The van der Waals surface area contributed by atoms with E-state index in [-0.39, 0.29) is 0 Å². The third-order valence-electron chi connectivity index (χ3n) is 5.30. The van der Waals surface area contributed by atoms with Crippen LogP contribution in [0.5, 0.6) is 0 Å². The van der Waals surface area contributed by atoms with Crippen LogP contribution in [0.2, 0.25) is 0 Å². The van der Waals surface area contributed by atoms with Gasteiger partial charge in [-0.15, -0.1) is 0 Å². The van der Waals surface area contributed by atoms with Gasteiger partial charge < -0.3 is 0 Å². The summed E-state index contributed by atoms with van der Waals surface area (Å²) < 4.78 is 0. The lowest BCUT2D eigenvalue weighted by Crippen LogP contribution is -1.94. The van der Waals surface area contributed by atoms with E-state index in [1.807, 2.05) is 0 Å². The molecule has 0 saturated heterocycles. The summed E-state index contributed by atoms with van der Waals surface area (Å²) in [4.78, 5) is 0. The lowest BCUT2D eigenvalue weighted by atomic mass is 9.93. The van der Waals surface area contributed by atoms with E-state index < -0.39 is 0 Å². The van der Waals surface area contributed by atoms with Crippen molar-refractivity contribution in [2.75, 3.05) is 0 Å². The molecular weight excluding hydrogens is 312 g/mol. The second-order valence-corrected chi connectivity index (χ2v) is 7.18. The fraction of sp³-hybridized carbons (Fsp3) is 0.231. The van der Waals surface area contributed by atoms with Gasteiger partial charge in [-0.05, 0) is 84.3 Å². The lowest BCUT2D eigenvalue weighted by molar-refractivity contribution is 0.990. The SMILES string of the molecule is C=C(C)c1ccc2cc(-c3ccc(C)c(C/C(=C/C)CC)c3)ccc2c1. The minimum absolute atomic E-state index is 1.04. The van der Waals surface area contributed by atoms with E-state index in [1.54, 1.807) is 0 Å². The number of rotatable bonds is 5. The Morgan fingerprint density at radius 2 is 1.58 bits per heavy atom. The van der Waals surface area contributed by atoms with Gasteiger partial charge in [0.15, 0.2) is 0 Å². The number of allylic oxidation sites excluding steroid dienone is 3. The van der Waals surface area contributed by atoms with E-state index in [0.717, 1.165) is 18.4 Å². The van der Waals surface area contributed by atoms with Crippen LogP contribution in [-0.4, -0.2) is 0 Å². The fourth-order valence-electron chi connectivity index (χ4n) is 3.41. The van der Waals surface area contributed by atoms with Crippen molar-refractivity contribution in [3.8, 4) is 11.1 Å². The Bertz CT molecular complexity index is 986. The van der Waals surface area contributed by atoms with Crippen molar-refractivity contribution >= 4 is 16.3 Å². The molecule has 132 valence electrons. The molecule has 0 spiro atoms. The van der Waals surface area contributed by atoms with Gasteiger partial charge in [-0.1, -0.05) is 73.2 Å². The number of hydrogen-bond acceptors (Lipinski definition) is 0. The molecule has 0 aromatic heterocycles. The van der Waals surface area contributed by atoms with Gasteiger partial charge in [0.25, 0.3) is 0 Å². The van der Waals surface area contributed by atoms with Crippen molar-refractivity contribution in [2.24, 2.45) is 0 Å². The highest BCUT2D eigenvalue weighted by Crippen LogP contribution is 2.29. The molecule has 0 fully saturated rings. The van der Waals surface area contributed by atoms with Crippen molar-refractivity contribution < 1.29 is 0 Å². The molecule has 0 atom stereocenters. The quantitative estimate of drug-likeness (QED) is 0.416. The van der Waals surface area contributed by atoms with Crippen LogP contribution in [-0.2, 0) is 6.42 Å². The summed E-state index contributed by atoms with van der Waals surface area (Å²) >= 11 is 0. The first kappa shape index (κ1) is 18.2. The van der Waals surface area contributed by atoms with Gasteiger partial charge in [-0.3, -0.25) is 0 Å². The first-order chi connectivity index (χ1) is 12.5. The zero-order valence-corrected chi connectivity index (χ0v) is 16.4. The minimum Gasteiger partial charge on any atom is -0.0955 e. The summed E-state index contributed by atoms with van der Waals surface area (Å²) in [5.74, 6) is 0. The Labute approximate surface area is 157 Å². The summed E-state index contributed by atoms with van der Waals surface area (Å²) in [7, 11) is 0. The normalized spacial score (nSPS) is 11.8. The van der Waals surface area contributed by atoms with Gasteiger partial charge in [0.05, 0.1) is 0 Å². The molecule has 3 rings (SSSR count). The number of fused-ring (bicyclic) bond motifs is 1. The molecule has 0 saturated carbocycles. The maximum atomic E-state index is 4.05. The van der Waals surface area contributed by atoms with Gasteiger partial charge in [0.2, 0.25) is 0 Å². The summed E-state index contributed by atoms with van der Waals surface area (Å²) in [6.45, 7) is 12.7. The average molecular weight is 341 g/mol. The van der Waals surface area contributed by atoms with Crippen LogP contribution in [0.1, 0.15) is 43.9 Å². The van der Waals surface area contributed by atoms with Gasteiger partial charge in [0.1, 0.15) is 0 Å². The van der Waals surface area contributed by atoms with E-state index in [1.165, 1.54) is 44.2 Å². The van der Waals surface area contributed by atoms with Crippen LogP contribution in [0.3, 0.4) is 0 Å². The van der Waals surface area contributed by atoms with E-state index in [4.69, 9.17) is 0 Å². The summed E-state index contributed by atoms with van der Waals surface area (Å²) in [6, 6.07) is 20.2. The second-order valence-electron chi connectivity index (χ2n) is 7.18. The number of hydrogen-bond donors (Lipinski definition) is 0. The van der Waals surface area contributed by atoms with Crippen molar-refractivity contribution in [1.29, 1.82) is 0 Å². The Morgan fingerprint density at radius 1 is 0.923 bits per heavy atom. The zero-order valence-electron chi connectivity index (χ0n) is 16.4. The molecule has 0 unspecified atom stereocenters. The van der Waals surface area contributed by atoms with Crippen LogP contribution in [0.4, 0.5) is 0 Å². The Balaban J connectivity index is 2.00. The molecule has 0 bridgehead atoms. The first-order valence-electron chi connectivity index (χ1n) is 9.45. The first-order valence-corrected chi connectivity index (χ1v) is 9.45. The third-order valence-corrected chi connectivity index (χ3v) is 5.30. The van der Waals surface area contributed by atoms with Crippen LogP contribution in [0.15, 0.2) is 72.8 Å². The standard InChI is InChI=1S/C26H28/c1-6-20(7-2)14-26-17-22(9-8-19(26)5)25-13-12-23-15-21(18(3)4)10-11-24(23)16-25/h6,8-13,15-17H,3,7,14H2,1-2,4-5H3/b20-6+. The maximum Gasteiger partial charge on any atom is -0.00645 e. The molecule has 0 aliphatic heterocycles. The van der Waals surface area contributed by atoms with Crippen LogP contribution in [0, 0.1) is 6.92 Å². The molecule has 0 nitrogen and oxygen atoms in total. The number of benzene rings is 3. The highest BCUT2D eigenvalue weighted by Gasteiger charge is 2.06. The monoisotopic (exact) mass is 340 g/mol. The Kier molecular flexibility index (Phi) is 5.42. The molecule has 3 aromatic rings. The van der Waals surface area contributed by atoms with Crippen LogP contribution in [0.25, 0.3) is 27.5 Å². The molecule has 3 aromatic carbocycles. The molecular formula is C26H28. The van der Waals surface area contributed by atoms with Gasteiger partial charge >= 0.3 is 0 Å². The minimum atomic E-state index is 1.04. The summed E-state index contributed by atoms with van der Waals surface area (Å²) in [5, 5.41) is 2.54. The largest absolute Gasteiger partial charge is 0.0955 e. The van der Waals surface area contributed by atoms with Crippen molar-refractivity contribution in [2.45, 2.75) is 40.5 Å². The van der Waals surface area contributed by atoms with E-state index >= 15 is 0 Å². The third kappa shape index (κ3) is 3.80.